The van der Waals surface area contributed by atoms with E-state index in [0.717, 1.165) is 11.1 Å². The van der Waals surface area contributed by atoms with E-state index in [4.69, 9.17) is 16.0 Å². The van der Waals surface area contributed by atoms with Crippen LogP contribution in [0.2, 0.25) is 5.02 Å². The molecule has 7 nitrogen and oxygen atoms in total. The van der Waals surface area contributed by atoms with Gasteiger partial charge in [-0.2, -0.15) is 0 Å². The molecule has 3 rings (SSSR count). The summed E-state index contributed by atoms with van der Waals surface area (Å²) in [7, 11) is 0. The van der Waals surface area contributed by atoms with Crippen LogP contribution in [0.5, 0.6) is 0 Å². The number of nitrogens with zero attached hydrogens (tertiary/aromatic N) is 3. The molecule has 8 heteroatoms. The first kappa shape index (κ1) is 15.0. The second kappa shape index (κ2) is 6.05. The Kier molecular flexibility index (Phi) is 3.94. The number of nitro benzene ring substituents is 1. The number of nitro groups is 1. The molecule has 0 bridgehead atoms. The van der Waals surface area contributed by atoms with Gasteiger partial charge < -0.3 is 9.73 Å². The van der Waals surface area contributed by atoms with Crippen LogP contribution in [0.15, 0.2) is 46.9 Å². The van der Waals surface area contributed by atoms with E-state index >= 15 is 0 Å². The lowest BCUT2D eigenvalue weighted by atomic mass is 10.1. The first-order chi connectivity index (χ1) is 11.0. The lowest BCUT2D eigenvalue weighted by Gasteiger charge is -2.02. The summed E-state index contributed by atoms with van der Waals surface area (Å²) in [4.78, 5) is 10.3. The lowest BCUT2D eigenvalue weighted by Crippen LogP contribution is -1.94. The number of aromatic nitrogens is 2. The van der Waals surface area contributed by atoms with E-state index < -0.39 is 4.92 Å². The minimum absolute atomic E-state index is 0.0617. The van der Waals surface area contributed by atoms with Crippen LogP contribution in [0, 0.1) is 17.0 Å². The summed E-state index contributed by atoms with van der Waals surface area (Å²) in [6.45, 7) is 1.94. The second-order valence-corrected chi connectivity index (χ2v) is 5.18. The van der Waals surface area contributed by atoms with Crippen molar-refractivity contribution in [2.24, 2.45) is 0 Å². The van der Waals surface area contributed by atoms with Gasteiger partial charge in [-0.1, -0.05) is 34.9 Å². The van der Waals surface area contributed by atoms with E-state index in [2.05, 4.69) is 15.5 Å². The molecule has 23 heavy (non-hydrogen) atoms. The van der Waals surface area contributed by atoms with Gasteiger partial charge in [0.2, 0.25) is 5.89 Å². The van der Waals surface area contributed by atoms with Gasteiger partial charge in [0.15, 0.2) is 0 Å². The van der Waals surface area contributed by atoms with Crippen molar-refractivity contribution in [3.8, 4) is 11.5 Å². The molecule has 1 N–H and O–H groups in total. The van der Waals surface area contributed by atoms with Crippen molar-refractivity contribution in [1.29, 1.82) is 0 Å². The topological polar surface area (TPSA) is 94.1 Å². The van der Waals surface area contributed by atoms with Crippen LogP contribution >= 0.6 is 11.6 Å². The Morgan fingerprint density at radius 1 is 1.22 bits per heavy atom. The number of anilines is 2. The third kappa shape index (κ3) is 3.14. The van der Waals surface area contributed by atoms with Crippen LogP contribution in [0.4, 0.5) is 17.4 Å². The summed E-state index contributed by atoms with van der Waals surface area (Å²) in [5.41, 5.74) is 2.07. The molecule has 1 heterocycles. The number of halogens is 1. The van der Waals surface area contributed by atoms with Crippen molar-refractivity contribution in [1.82, 2.24) is 10.2 Å². The fraction of sp³-hybridized carbons (Fsp3) is 0.0667. The van der Waals surface area contributed by atoms with Gasteiger partial charge in [0.25, 0.3) is 5.69 Å². The van der Waals surface area contributed by atoms with E-state index in [-0.39, 0.29) is 16.7 Å². The van der Waals surface area contributed by atoms with Crippen LogP contribution in [0.25, 0.3) is 11.5 Å². The van der Waals surface area contributed by atoms with Crippen molar-refractivity contribution in [2.45, 2.75) is 6.92 Å². The van der Waals surface area contributed by atoms with Crippen LogP contribution in [0.1, 0.15) is 5.56 Å². The third-order valence-corrected chi connectivity index (χ3v) is 3.51. The maximum absolute atomic E-state index is 10.9. The van der Waals surface area contributed by atoms with Crippen molar-refractivity contribution in [3.05, 3.63) is 63.2 Å². The van der Waals surface area contributed by atoms with E-state index in [0.29, 0.717) is 11.6 Å². The zero-order valence-electron chi connectivity index (χ0n) is 12.0. The quantitative estimate of drug-likeness (QED) is 0.564. The van der Waals surface area contributed by atoms with E-state index in [1.807, 2.05) is 31.2 Å². The zero-order chi connectivity index (χ0) is 16.4. The molecule has 0 saturated carbocycles. The fourth-order valence-corrected chi connectivity index (χ4v) is 2.24. The molecule has 0 radical (unpaired) electrons. The van der Waals surface area contributed by atoms with E-state index in [9.17, 15) is 10.1 Å². The van der Waals surface area contributed by atoms with Gasteiger partial charge in [0, 0.05) is 17.3 Å². The third-order valence-electron chi connectivity index (χ3n) is 3.19. The summed E-state index contributed by atoms with van der Waals surface area (Å²) in [6.07, 6.45) is 0. The monoisotopic (exact) mass is 330 g/mol. The minimum Gasteiger partial charge on any atom is -0.403 e. The van der Waals surface area contributed by atoms with E-state index in [1.54, 1.807) is 6.07 Å². The largest absolute Gasteiger partial charge is 0.403 e. The predicted octanol–water partition coefficient (Wildman–Crippen LogP) is 4.35. The van der Waals surface area contributed by atoms with Gasteiger partial charge in [0.1, 0.15) is 5.02 Å². The average molecular weight is 331 g/mol. The molecule has 1 aromatic heterocycles. The Bertz CT molecular complexity index is 879. The maximum atomic E-state index is 10.9. The number of rotatable bonds is 4. The summed E-state index contributed by atoms with van der Waals surface area (Å²) < 4.78 is 5.55. The van der Waals surface area contributed by atoms with Crippen molar-refractivity contribution in [3.63, 3.8) is 0 Å². The molecule has 0 amide bonds. The van der Waals surface area contributed by atoms with Crippen LogP contribution in [-0.4, -0.2) is 15.1 Å². The molecule has 0 aliphatic heterocycles. The molecule has 0 unspecified atom stereocenters. The summed E-state index contributed by atoms with van der Waals surface area (Å²) in [6, 6.07) is 12.1. The smallest absolute Gasteiger partial charge is 0.320 e. The normalized spacial score (nSPS) is 10.5. The highest BCUT2D eigenvalue weighted by atomic mass is 35.5. The first-order valence-corrected chi connectivity index (χ1v) is 7.03. The van der Waals surface area contributed by atoms with Gasteiger partial charge >= 0.3 is 6.01 Å². The molecule has 116 valence electrons. The minimum atomic E-state index is -0.555. The standard InChI is InChI=1S/C15H11ClN4O3/c1-9-4-2-3-5-11(9)14-18-19-15(23-14)17-10-6-7-12(16)13(8-10)20(21)22/h2-8H,1H3,(H,17,19). The molecule has 2 aromatic carbocycles. The van der Waals surface area contributed by atoms with Crippen molar-refractivity contribution in [2.75, 3.05) is 5.32 Å². The highest BCUT2D eigenvalue weighted by molar-refractivity contribution is 6.32. The molecule has 0 spiro atoms. The second-order valence-electron chi connectivity index (χ2n) is 4.78. The predicted molar refractivity (Wildman–Crippen MR) is 85.9 cm³/mol. The Labute approximate surface area is 136 Å². The van der Waals surface area contributed by atoms with Gasteiger partial charge in [0.05, 0.1) is 4.92 Å². The van der Waals surface area contributed by atoms with E-state index in [1.165, 1.54) is 12.1 Å². The number of benzene rings is 2. The van der Waals surface area contributed by atoms with Gasteiger partial charge in [-0.3, -0.25) is 10.1 Å². The Morgan fingerprint density at radius 3 is 2.74 bits per heavy atom. The molecule has 0 fully saturated rings. The van der Waals surface area contributed by atoms with Gasteiger partial charge in [-0.05, 0) is 30.7 Å². The molecule has 3 aromatic rings. The number of aryl methyl sites for hydroxylation is 1. The summed E-state index contributed by atoms with van der Waals surface area (Å²) >= 11 is 5.77. The SMILES string of the molecule is Cc1ccccc1-c1nnc(Nc2ccc(Cl)c([N+](=O)[O-])c2)o1. The number of nitrogens with one attached hydrogen (secondary N) is 1. The van der Waals surface area contributed by atoms with Gasteiger partial charge in [-0.25, -0.2) is 0 Å². The van der Waals surface area contributed by atoms with Crippen LogP contribution < -0.4 is 5.32 Å². The van der Waals surface area contributed by atoms with Crippen molar-refractivity contribution < 1.29 is 9.34 Å². The fourth-order valence-electron chi connectivity index (χ4n) is 2.05. The van der Waals surface area contributed by atoms with Gasteiger partial charge in [-0.15, -0.1) is 5.10 Å². The summed E-state index contributed by atoms with van der Waals surface area (Å²) in [5.74, 6) is 0.370. The highest BCUT2D eigenvalue weighted by Crippen LogP contribution is 2.29. The highest BCUT2D eigenvalue weighted by Gasteiger charge is 2.15. The average Bonchev–Trinajstić information content (AvgIpc) is 2.97. The first-order valence-electron chi connectivity index (χ1n) is 6.65. The van der Waals surface area contributed by atoms with Crippen LogP contribution in [0.3, 0.4) is 0 Å². The Morgan fingerprint density at radius 2 is 2.00 bits per heavy atom. The van der Waals surface area contributed by atoms with Crippen LogP contribution in [-0.2, 0) is 0 Å². The molecule has 0 aliphatic rings. The van der Waals surface area contributed by atoms with Crippen molar-refractivity contribution >= 4 is 29.0 Å². The number of hydrogen-bond acceptors (Lipinski definition) is 6. The Balaban J connectivity index is 1.87. The number of hydrogen-bond donors (Lipinski definition) is 1. The molecular weight excluding hydrogens is 320 g/mol. The maximum Gasteiger partial charge on any atom is 0.320 e. The summed E-state index contributed by atoms with van der Waals surface area (Å²) in [5, 5.41) is 21.7. The molecule has 0 saturated heterocycles. The zero-order valence-corrected chi connectivity index (χ0v) is 12.7. The molecular formula is C15H11ClN4O3. The molecule has 0 aliphatic carbocycles. The Hall–Kier alpha value is -2.93. The lowest BCUT2D eigenvalue weighted by molar-refractivity contribution is -0.384. The molecule has 0 atom stereocenters.